The first-order valence-electron chi connectivity index (χ1n) is 4.10. The monoisotopic (exact) mass is 157 g/mol. The number of nitrogens with zero attached hydrogens (tertiary/aromatic N) is 1. The number of amides is 1. The van der Waals surface area contributed by atoms with Crippen LogP contribution in [0.4, 0.5) is 0 Å². The van der Waals surface area contributed by atoms with E-state index in [1.807, 2.05) is 11.8 Å². The van der Waals surface area contributed by atoms with Crippen LogP contribution in [0.15, 0.2) is 0 Å². The molecule has 0 aromatic rings. The van der Waals surface area contributed by atoms with Crippen LogP contribution in [0, 0.1) is 0 Å². The van der Waals surface area contributed by atoms with Crippen LogP contribution in [0.1, 0.15) is 20.3 Å². The lowest BCUT2D eigenvalue weighted by molar-refractivity contribution is -0.130. The predicted octanol–water partition coefficient (Wildman–Crippen LogP) is 0.642. The van der Waals surface area contributed by atoms with Crippen LogP contribution in [-0.4, -0.2) is 36.6 Å². The lowest BCUT2D eigenvalue weighted by Gasteiger charge is -2.35. The van der Waals surface area contributed by atoms with Crippen molar-refractivity contribution in [2.75, 3.05) is 13.2 Å². The van der Waals surface area contributed by atoms with Crippen molar-refractivity contribution in [3.05, 3.63) is 0 Å². The third-order valence-corrected chi connectivity index (χ3v) is 2.12. The summed E-state index contributed by atoms with van der Waals surface area (Å²) in [5.41, 5.74) is 0. The third kappa shape index (κ3) is 1.93. The summed E-state index contributed by atoms with van der Waals surface area (Å²) in [5, 5.41) is 0. The maximum Gasteiger partial charge on any atom is 0.210 e. The van der Waals surface area contributed by atoms with E-state index in [0.717, 1.165) is 19.4 Å². The first kappa shape index (κ1) is 8.53. The van der Waals surface area contributed by atoms with Crippen LogP contribution >= 0.6 is 0 Å². The molecule has 3 nitrogen and oxygen atoms in total. The summed E-state index contributed by atoms with van der Waals surface area (Å²) in [6.45, 7) is 5.49. The number of carbonyl (C=O) groups is 1. The molecular formula is C8H15NO2. The van der Waals surface area contributed by atoms with Crippen molar-refractivity contribution < 1.29 is 9.53 Å². The highest BCUT2D eigenvalue weighted by Gasteiger charge is 2.23. The maximum absolute atomic E-state index is 10.5. The number of rotatable bonds is 2. The van der Waals surface area contributed by atoms with Crippen LogP contribution in [0.3, 0.4) is 0 Å². The van der Waals surface area contributed by atoms with E-state index in [2.05, 4.69) is 6.92 Å². The van der Waals surface area contributed by atoms with Gasteiger partial charge in [0.2, 0.25) is 6.41 Å². The topological polar surface area (TPSA) is 29.5 Å². The molecular weight excluding hydrogens is 142 g/mol. The minimum absolute atomic E-state index is 0.197. The first-order valence-corrected chi connectivity index (χ1v) is 4.10. The molecule has 1 fully saturated rings. The Bertz CT molecular complexity index is 138. The van der Waals surface area contributed by atoms with Gasteiger partial charge >= 0.3 is 0 Å². The van der Waals surface area contributed by atoms with Crippen molar-refractivity contribution in [3.8, 4) is 0 Å². The van der Waals surface area contributed by atoms with Gasteiger partial charge in [0.1, 0.15) is 0 Å². The van der Waals surface area contributed by atoms with Gasteiger partial charge in [-0.2, -0.15) is 0 Å². The molecule has 0 N–H and O–H groups in total. The third-order valence-electron chi connectivity index (χ3n) is 2.12. The molecule has 3 heteroatoms. The second-order valence-electron chi connectivity index (χ2n) is 3.01. The van der Waals surface area contributed by atoms with Crippen LogP contribution in [0.25, 0.3) is 0 Å². The van der Waals surface area contributed by atoms with Crippen molar-refractivity contribution in [2.24, 2.45) is 0 Å². The number of ether oxygens (including phenoxy) is 1. The van der Waals surface area contributed by atoms with Gasteiger partial charge < -0.3 is 9.64 Å². The molecule has 1 amide bonds. The van der Waals surface area contributed by atoms with E-state index in [-0.39, 0.29) is 6.10 Å². The van der Waals surface area contributed by atoms with Gasteiger partial charge in [-0.15, -0.1) is 0 Å². The van der Waals surface area contributed by atoms with Gasteiger partial charge in [-0.05, 0) is 13.3 Å². The zero-order valence-electron chi connectivity index (χ0n) is 7.12. The van der Waals surface area contributed by atoms with Gasteiger partial charge in [-0.1, -0.05) is 6.92 Å². The molecule has 0 saturated carbocycles. The Kier molecular flexibility index (Phi) is 2.88. The van der Waals surface area contributed by atoms with E-state index in [4.69, 9.17) is 4.74 Å². The molecule has 1 aliphatic heterocycles. The molecule has 11 heavy (non-hydrogen) atoms. The Balaban J connectivity index is 2.47. The molecule has 1 aliphatic rings. The van der Waals surface area contributed by atoms with E-state index >= 15 is 0 Å². The largest absolute Gasteiger partial charge is 0.375 e. The Labute approximate surface area is 67.3 Å². The summed E-state index contributed by atoms with van der Waals surface area (Å²) in [6, 6.07) is 0.295. The predicted molar refractivity (Wildman–Crippen MR) is 42.3 cm³/mol. The number of morpholine rings is 1. The second kappa shape index (κ2) is 3.72. The molecule has 0 radical (unpaired) electrons. The maximum atomic E-state index is 10.5. The molecule has 1 saturated heterocycles. The Hall–Kier alpha value is -0.570. The summed E-state index contributed by atoms with van der Waals surface area (Å²) in [7, 11) is 0. The van der Waals surface area contributed by atoms with Crippen molar-refractivity contribution in [3.63, 3.8) is 0 Å². The minimum atomic E-state index is 0.197. The normalized spacial score (nSPS) is 32.0. The zero-order chi connectivity index (χ0) is 8.27. The van der Waals surface area contributed by atoms with Crippen LogP contribution < -0.4 is 0 Å². The van der Waals surface area contributed by atoms with E-state index in [0.29, 0.717) is 12.6 Å². The summed E-state index contributed by atoms with van der Waals surface area (Å²) in [4.78, 5) is 12.4. The van der Waals surface area contributed by atoms with Gasteiger partial charge in [-0.25, -0.2) is 0 Å². The van der Waals surface area contributed by atoms with Gasteiger partial charge in [0.25, 0.3) is 0 Å². The summed E-state index contributed by atoms with van der Waals surface area (Å²) in [6.07, 6.45) is 2.10. The van der Waals surface area contributed by atoms with Gasteiger partial charge in [0.05, 0.1) is 18.8 Å². The Morgan fingerprint density at radius 2 is 2.45 bits per heavy atom. The van der Waals surface area contributed by atoms with E-state index < -0.39 is 0 Å². The van der Waals surface area contributed by atoms with Crippen LogP contribution in [0.5, 0.6) is 0 Å². The van der Waals surface area contributed by atoms with E-state index in [9.17, 15) is 4.79 Å². The smallest absolute Gasteiger partial charge is 0.210 e. The quantitative estimate of drug-likeness (QED) is 0.550. The molecule has 1 heterocycles. The SMILES string of the molecule is CCC1COC(C)CN1C=O. The lowest BCUT2D eigenvalue weighted by atomic mass is 10.1. The summed E-state index contributed by atoms with van der Waals surface area (Å²) in [5.74, 6) is 0. The first-order chi connectivity index (χ1) is 5.27. The van der Waals surface area contributed by atoms with Crippen LogP contribution in [-0.2, 0) is 9.53 Å². The fraction of sp³-hybridized carbons (Fsp3) is 0.875. The second-order valence-corrected chi connectivity index (χ2v) is 3.01. The molecule has 2 unspecified atom stereocenters. The van der Waals surface area contributed by atoms with Crippen molar-refractivity contribution in [1.82, 2.24) is 4.90 Å². The minimum Gasteiger partial charge on any atom is -0.375 e. The highest BCUT2D eigenvalue weighted by atomic mass is 16.5. The fourth-order valence-corrected chi connectivity index (χ4v) is 1.35. The van der Waals surface area contributed by atoms with Crippen molar-refractivity contribution in [2.45, 2.75) is 32.4 Å². The lowest BCUT2D eigenvalue weighted by Crippen LogP contribution is -2.47. The molecule has 0 aromatic heterocycles. The highest BCUT2D eigenvalue weighted by Crippen LogP contribution is 2.11. The molecule has 1 rings (SSSR count). The molecule has 0 bridgehead atoms. The standard InChI is InChI=1S/C8H15NO2/c1-3-8-5-11-7(2)4-9(8)6-10/h6-8H,3-5H2,1-2H3. The van der Waals surface area contributed by atoms with Gasteiger partial charge in [-0.3, -0.25) is 4.79 Å². The Morgan fingerprint density at radius 1 is 1.73 bits per heavy atom. The average molecular weight is 157 g/mol. The number of hydrogen-bond acceptors (Lipinski definition) is 2. The highest BCUT2D eigenvalue weighted by molar-refractivity contribution is 5.48. The molecule has 0 aliphatic carbocycles. The van der Waals surface area contributed by atoms with Crippen LogP contribution in [0.2, 0.25) is 0 Å². The summed E-state index contributed by atoms with van der Waals surface area (Å²) < 4.78 is 5.41. The number of carbonyl (C=O) groups excluding carboxylic acids is 1. The number of hydrogen-bond donors (Lipinski definition) is 0. The Morgan fingerprint density at radius 3 is 3.00 bits per heavy atom. The zero-order valence-corrected chi connectivity index (χ0v) is 7.12. The average Bonchev–Trinajstić information content (AvgIpc) is 2.04. The van der Waals surface area contributed by atoms with Gasteiger partial charge in [0, 0.05) is 6.54 Å². The van der Waals surface area contributed by atoms with Crippen molar-refractivity contribution >= 4 is 6.41 Å². The summed E-state index contributed by atoms with van der Waals surface area (Å²) >= 11 is 0. The molecule has 0 spiro atoms. The molecule has 64 valence electrons. The fourth-order valence-electron chi connectivity index (χ4n) is 1.35. The van der Waals surface area contributed by atoms with Crippen molar-refractivity contribution in [1.29, 1.82) is 0 Å². The molecule has 2 atom stereocenters. The molecule has 0 aromatic carbocycles. The van der Waals surface area contributed by atoms with E-state index in [1.165, 1.54) is 0 Å². The van der Waals surface area contributed by atoms with E-state index in [1.54, 1.807) is 0 Å². The van der Waals surface area contributed by atoms with Gasteiger partial charge in [0.15, 0.2) is 0 Å².